The maximum absolute atomic E-state index is 13.8. The molecule has 1 unspecified atom stereocenters. The number of anilines is 1. The number of nitrogens with zero attached hydrogens (tertiary/aromatic N) is 1. The summed E-state index contributed by atoms with van der Waals surface area (Å²) in [6, 6.07) is 15.3. The number of amides is 2. The minimum atomic E-state index is -0.683. The number of benzene rings is 2. The molecule has 3 aliphatic rings. The molecule has 0 radical (unpaired) electrons. The molecule has 2 aromatic rings. The van der Waals surface area contributed by atoms with Crippen molar-refractivity contribution < 1.29 is 9.59 Å². The fourth-order valence-electron chi connectivity index (χ4n) is 6.33. The third kappa shape index (κ3) is 4.38. The first-order valence-electron chi connectivity index (χ1n) is 13.1. The Morgan fingerprint density at radius 1 is 0.971 bits per heavy atom. The van der Waals surface area contributed by atoms with Crippen molar-refractivity contribution in [2.75, 3.05) is 25.0 Å². The van der Waals surface area contributed by atoms with Crippen LogP contribution in [-0.4, -0.2) is 32.0 Å². The van der Waals surface area contributed by atoms with Crippen molar-refractivity contribution in [3.63, 3.8) is 0 Å². The fraction of sp³-hybridized carbons (Fsp3) is 0.517. The summed E-state index contributed by atoms with van der Waals surface area (Å²) in [5, 5.41) is 6.85. The molecule has 1 aliphatic heterocycles. The Labute approximate surface area is 203 Å². The summed E-state index contributed by atoms with van der Waals surface area (Å²) in [6.45, 7) is 1.67. The molecular weight excluding hydrogens is 422 g/mol. The SMILES string of the molecule is CN1C(=O)C(NC(=O)C2(CNCCC3CCCC3)CCCC2)c2ccccc2-c2ccccc21. The molecule has 5 heteroatoms. The van der Waals surface area contributed by atoms with Crippen molar-refractivity contribution in [3.05, 3.63) is 54.1 Å². The standard InChI is InChI=1S/C29H37N3O2/c1-32-25-15-7-6-13-23(25)22-12-4-5-14-24(22)26(27(32)33)31-28(34)29(17-8-9-18-29)20-30-19-16-21-10-2-3-11-21/h4-7,12-15,21,26,30H,2-3,8-11,16-20H2,1H3,(H,31,34). The van der Waals surface area contributed by atoms with E-state index in [0.717, 1.165) is 60.5 Å². The quantitative estimate of drug-likeness (QED) is 0.558. The van der Waals surface area contributed by atoms with Gasteiger partial charge in [-0.2, -0.15) is 0 Å². The number of likely N-dealkylation sites (N-methyl/N-ethyl adjacent to an activating group) is 1. The van der Waals surface area contributed by atoms with Gasteiger partial charge in [-0.1, -0.05) is 81.0 Å². The Kier molecular flexibility index (Phi) is 6.73. The van der Waals surface area contributed by atoms with Gasteiger partial charge in [0.25, 0.3) is 5.91 Å². The minimum absolute atomic E-state index is 0.0193. The maximum atomic E-state index is 13.8. The summed E-state index contributed by atoms with van der Waals surface area (Å²) in [5.41, 5.74) is 3.36. The van der Waals surface area contributed by atoms with E-state index in [-0.39, 0.29) is 11.8 Å². The summed E-state index contributed by atoms with van der Waals surface area (Å²) in [4.78, 5) is 29.1. The van der Waals surface area contributed by atoms with Crippen molar-refractivity contribution in [3.8, 4) is 11.1 Å². The molecule has 180 valence electrons. The van der Waals surface area contributed by atoms with E-state index in [1.165, 1.54) is 32.1 Å². The molecule has 2 amide bonds. The zero-order chi connectivity index (χ0) is 23.5. The molecule has 0 bridgehead atoms. The van der Waals surface area contributed by atoms with Crippen LogP contribution in [0.25, 0.3) is 11.1 Å². The van der Waals surface area contributed by atoms with E-state index < -0.39 is 11.5 Å². The number of nitrogens with one attached hydrogen (secondary N) is 2. The number of carbonyl (C=O) groups is 2. The van der Waals surface area contributed by atoms with Crippen LogP contribution in [0.2, 0.25) is 0 Å². The van der Waals surface area contributed by atoms with Gasteiger partial charge in [0.1, 0.15) is 6.04 Å². The van der Waals surface area contributed by atoms with E-state index >= 15 is 0 Å². The number of carbonyl (C=O) groups excluding carboxylic acids is 2. The molecular formula is C29H37N3O2. The van der Waals surface area contributed by atoms with E-state index in [4.69, 9.17) is 0 Å². The Morgan fingerprint density at radius 3 is 2.41 bits per heavy atom. The van der Waals surface area contributed by atoms with Crippen LogP contribution in [0.3, 0.4) is 0 Å². The third-order valence-corrected chi connectivity index (χ3v) is 8.39. The first kappa shape index (κ1) is 23.1. The molecule has 2 aromatic carbocycles. The van der Waals surface area contributed by atoms with Crippen LogP contribution in [0.1, 0.15) is 69.4 Å². The lowest BCUT2D eigenvalue weighted by molar-refractivity contribution is -0.134. The molecule has 0 saturated heterocycles. The molecule has 2 saturated carbocycles. The van der Waals surface area contributed by atoms with Crippen molar-refractivity contribution in [1.82, 2.24) is 10.6 Å². The van der Waals surface area contributed by atoms with E-state index in [1.54, 1.807) is 4.90 Å². The molecule has 1 atom stereocenters. The zero-order valence-electron chi connectivity index (χ0n) is 20.3. The number of fused-ring (bicyclic) bond motifs is 3. The molecule has 0 aromatic heterocycles. The molecule has 2 aliphatic carbocycles. The van der Waals surface area contributed by atoms with E-state index in [1.807, 2.05) is 43.4 Å². The molecule has 2 fully saturated rings. The average molecular weight is 460 g/mol. The van der Waals surface area contributed by atoms with Gasteiger partial charge in [-0.25, -0.2) is 0 Å². The summed E-state index contributed by atoms with van der Waals surface area (Å²) >= 11 is 0. The van der Waals surface area contributed by atoms with Gasteiger partial charge in [-0.15, -0.1) is 0 Å². The molecule has 5 rings (SSSR count). The van der Waals surface area contributed by atoms with E-state index in [9.17, 15) is 9.59 Å². The summed E-state index contributed by atoms with van der Waals surface area (Å²) < 4.78 is 0. The number of para-hydroxylation sites is 1. The molecule has 1 heterocycles. The van der Waals surface area contributed by atoms with Gasteiger partial charge in [0.15, 0.2) is 0 Å². The molecule has 34 heavy (non-hydrogen) atoms. The van der Waals surface area contributed by atoms with Crippen molar-refractivity contribution in [2.45, 2.75) is 63.8 Å². The van der Waals surface area contributed by atoms with Crippen molar-refractivity contribution in [2.24, 2.45) is 11.3 Å². The van der Waals surface area contributed by atoms with Crippen molar-refractivity contribution in [1.29, 1.82) is 0 Å². The fourth-order valence-corrected chi connectivity index (χ4v) is 6.33. The number of hydrogen-bond donors (Lipinski definition) is 2. The zero-order valence-corrected chi connectivity index (χ0v) is 20.3. The minimum Gasteiger partial charge on any atom is -0.340 e. The second-order valence-corrected chi connectivity index (χ2v) is 10.5. The summed E-state index contributed by atoms with van der Waals surface area (Å²) in [6.07, 6.45) is 10.5. The predicted molar refractivity (Wildman–Crippen MR) is 137 cm³/mol. The highest BCUT2D eigenvalue weighted by Gasteiger charge is 2.43. The summed E-state index contributed by atoms with van der Waals surface area (Å²) in [5.74, 6) is 0.775. The van der Waals surface area contributed by atoms with Gasteiger partial charge in [-0.05, 0) is 48.9 Å². The lowest BCUT2D eigenvalue weighted by atomic mass is 9.84. The third-order valence-electron chi connectivity index (χ3n) is 8.39. The number of rotatable bonds is 7. The average Bonchev–Trinajstić information content (AvgIpc) is 3.56. The van der Waals surface area contributed by atoms with Crippen LogP contribution in [0, 0.1) is 11.3 Å². The van der Waals surface area contributed by atoms with Crippen LogP contribution >= 0.6 is 0 Å². The van der Waals surface area contributed by atoms with Gasteiger partial charge < -0.3 is 15.5 Å². The largest absolute Gasteiger partial charge is 0.340 e. The second-order valence-electron chi connectivity index (χ2n) is 10.5. The van der Waals surface area contributed by atoms with Crippen LogP contribution in [0.5, 0.6) is 0 Å². The van der Waals surface area contributed by atoms with Crippen LogP contribution < -0.4 is 15.5 Å². The predicted octanol–water partition coefficient (Wildman–Crippen LogP) is 5.22. The summed E-state index contributed by atoms with van der Waals surface area (Å²) in [7, 11) is 1.81. The van der Waals surface area contributed by atoms with Gasteiger partial charge in [-0.3, -0.25) is 9.59 Å². The van der Waals surface area contributed by atoms with Crippen molar-refractivity contribution >= 4 is 17.5 Å². The topological polar surface area (TPSA) is 61.4 Å². The monoisotopic (exact) mass is 459 g/mol. The first-order valence-corrected chi connectivity index (χ1v) is 13.1. The Morgan fingerprint density at radius 2 is 1.65 bits per heavy atom. The first-order chi connectivity index (χ1) is 16.6. The highest BCUT2D eigenvalue weighted by Crippen LogP contribution is 2.42. The van der Waals surface area contributed by atoms with Gasteiger partial charge in [0.05, 0.1) is 11.1 Å². The molecule has 0 spiro atoms. The van der Waals surface area contributed by atoms with Gasteiger partial charge in [0, 0.05) is 19.2 Å². The Balaban J connectivity index is 1.35. The van der Waals surface area contributed by atoms with Gasteiger partial charge in [0.2, 0.25) is 5.91 Å². The normalized spacial score (nSPS) is 21.7. The number of hydrogen-bond acceptors (Lipinski definition) is 3. The van der Waals surface area contributed by atoms with Crippen LogP contribution in [0.4, 0.5) is 5.69 Å². The highest BCUT2D eigenvalue weighted by atomic mass is 16.2. The lowest BCUT2D eigenvalue weighted by Gasteiger charge is -2.31. The maximum Gasteiger partial charge on any atom is 0.253 e. The molecule has 5 nitrogen and oxygen atoms in total. The Hall–Kier alpha value is -2.66. The van der Waals surface area contributed by atoms with Gasteiger partial charge >= 0.3 is 0 Å². The Bertz CT molecular complexity index is 1040. The smallest absolute Gasteiger partial charge is 0.253 e. The van der Waals surface area contributed by atoms with Crippen LogP contribution in [0.15, 0.2) is 48.5 Å². The second kappa shape index (κ2) is 9.91. The van der Waals surface area contributed by atoms with E-state index in [0.29, 0.717) is 6.54 Å². The van der Waals surface area contributed by atoms with E-state index in [2.05, 4.69) is 22.8 Å². The lowest BCUT2D eigenvalue weighted by Crippen LogP contribution is -2.50. The van der Waals surface area contributed by atoms with Crippen LogP contribution in [-0.2, 0) is 9.59 Å². The highest BCUT2D eigenvalue weighted by molar-refractivity contribution is 6.06. The molecule has 2 N–H and O–H groups in total.